The van der Waals surface area contributed by atoms with E-state index in [9.17, 15) is 29.3 Å². The Morgan fingerprint density at radius 2 is 1.74 bits per heavy atom. The van der Waals surface area contributed by atoms with Gasteiger partial charge in [-0.2, -0.15) is 0 Å². The molecule has 0 saturated carbocycles. The van der Waals surface area contributed by atoms with Gasteiger partial charge in [0, 0.05) is 44.1 Å². The number of rotatable bonds is 4. The number of nitro groups is 1. The summed E-state index contributed by atoms with van der Waals surface area (Å²) in [5.74, 6) is -0.814. The third-order valence-corrected chi connectivity index (χ3v) is 6.78. The molecule has 35 heavy (non-hydrogen) atoms. The molecule has 0 radical (unpaired) electrons. The van der Waals surface area contributed by atoms with Crippen LogP contribution in [0.5, 0.6) is 11.5 Å². The maximum Gasteiger partial charge on any atom is 0.270 e. The molecular weight excluding hydrogens is 458 g/mol. The highest BCUT2D eigenvalue weighted by Gasteiger charge is 2.45. The summed E-state index contributed by atoms with van der Waals surface area (Å²) in [7, 11) is 1.53. The largest absolute Gasteiger partial charge is 0.497 e. The number of amides is 3. The van der Waals surface area contributed by atoms with Gasteiger partial charge in [0.2, 0.25) is 5.91 Å². The van der Waals surface area contributed by atoms with Crippen molar-refractivity contribution >= 4 is 29.2 Å². The quantitative estimate of drug-likeness (QED) is 0.370. The van der Waals surface area contributed by atoms with Crippen LogP contribution in [0.2, 0.25) is 0 Å². The van der Waals surface area contributed by atoms with E-state index in [4.69, 9.17) is 9.47 Å². The first-order valence-electron chi connectivity index (χ1n) is 11.0. The second kappa shape index (κ2) is 8.19. The Labute approximate surface area is 199 Å². The van der Waals surface area contributed by atoms with E-state index in [1.165, 1.54) is 18.1 Å². The lowest BCUT2D eigenvalue weighted by Gasteiger charge is -2.44. The van der Waals surface area contributed by atoms with Crippen molar-refractivity contribution in [3.8, 4) is 11.5 Å². The van der Waals surface area contributed by atoms with Crippen LogP contribution in [-0.2, 0) is 4.79 Å². The number of ether oxygens (including phenoxy) is 2. The highest BCUT2D eigenvalue weighted by molar-refractivity contribution is 6.22. The zero-order chi connectivity index (χ0) is 24.9. The summed E-state index contributed by atoms with van der Waals surface area (Å²) in [6, 6.07) is 8.49. The van der Waals surface area contributed by atoms with Crippen molar-refractivity contribution in [1.29, 1.82) is 0 Å². The minimum atomic E-state index is -0.734. The average molecular weight is 479 g/mol. The Bertz CT molecular complexity index is 1300. The summed E-state index contributed by atoms with van der Waals surface area (Å²) >= 11 is 0. The summed E-state index contributed by atoms with van der Waals surface area (Å²) in [5.41, 5.74) is -0.588. The molecule has 1 spiro atoms. The number of carbonyl (C=O) groups is 4. The molecule has 0 aromatic heterocycles. The maximum absolute atomic E-state index is 12.9. The highest BCUT2D eigenvalue weighted by atomic mass is 16.6. The van der Waals surface area contributed by atoms with Crippen molar-refractivity contribution in [1.82, 2.24) is 9.80 Å². The number of benzene rings is 2. The summed E-state index contributed by atoms with van der Waals surface area (Å²) in [6.07, 6.45) is 1.02. The van der Waals surface area contributed by atoms with Crippen LogP contribution < -0.4 is 9.47 Å². The van der Waals surface area contributed by atoms with E-state index in [1.807, 2.05) is 0 Å². The van der Waals surface area contributed by atoms with Crippen LogP contribution in [0.1, 0.15) is 50.3 Å². The Morgan fingerprint density at radius 1 is 1.06 bits per heavy atom. The lowest BCUT2D eigenvalue weighted by Crippen LogP contribution is -2.54. The Kier molecular flexibility index (Phi) is 5.27. The fourth-order valence-corrected chi connectivity index (χ4v) is 4.82. The number of imide groups is 1. The molecule has 0 aliphatic carbocycles. The highest BCUT2D eigenvalue weighted by Crippen LogP contribution is 2.41. The number of hydrogen-bond donors (Lipinski definition) is 0. The van der Waals surface area contributed by atoms with Gasteiger partial charge in [-0.3, -0.25) is 34.2 Å². The first-order valence-corrected chi connectivity index (χ1v) is 11.0. The number of nitrogens with zero attached hydrogens (tertiary/aromatic N) is 3. The molecule has 3 aliphatic rings. The number of piperidine rings is 1. The van der Waals surface area contributed by atoms with E-state index < -0.39 is 34.8 Å². The van der Waals surface area contributed by atoms with Crippen molar-refractivity contribution in [3.05, 3.63) is 63.2 Å². The van der Waals surface area contributed by atoms with Crippen LogP contribution in [0.4, 0.5) is 5.69 Å². The van der Waals surface area contributed by atoms with Crippen molar-refractivity contribution < 1.29 is 33.6 Å². The van der Waals surface area contributed by atoms with E-state index >= 15 is 0 Å². The number of carbonyl (C=O) groups excluding carboxylic acids is 4. The predicted octanol–water partition coefficient (Wildman–Crippen LogP) is 2.23. The molecule has 11 heteroatoms. The van der Waals surface area contributed by atoms with Gasteiger partial charge < -0.3 is 14.4 Å². The number of hydrogen-bond acceptors (Lipinski definition) is 8. The van der Waals surface area contributed by atoms with Crippen LogP contribution in [0.3, 0.4) is 0 Å². The molecule has 2 aromatic rings. The van der Waals surface area contributed by atoms with E-state index in [0.717, 1.165) is 17.0 Å². The topological polar surface area (TPSA) is 136 Å². The molecule has 3 heterocycles. The van der Waals surface area contributed by atoms with E-state index in [1.54, 1.807) is 18.2 Å². The van der Waals surface area contributed by atoms with Crippen molar-refractivity contribution in [3.63, 3.8) is 0 Å². The van der Waals surface area contributed by atoms with Crippen LogP contribution in [-0.4, -0.2) is 70.6 Å². The molecule has 0 unspecified atom stereocenters. The molecule has 180 valence electrons. The number of likely N-dealkylation sites (tertiary alicyclic amines) is 1. The minimum Gasteiger partial charge on any atom is -0.497 e. The second-order valence-corrected chi connectivity index (χ2v) is 8.81. The van der Waals surface area contributed by atoms with Crippen LogP contribution >= 0.6 is 0 Å². The standard InChI is InChI=1S/C24H21N3O8/c1-34-15-3-5-17-19(28)12-24(35-20(17)11-15)6-8-25(9-7-24)21(29)13-26-22(30)16-4-2-14(27(32)33)10-18(16)23(26)31/h2-5,10-11H,6-9,12-13H2,1H3. The molecule has 11 nitrogen and oxygen atoms in total. The van der Waals surface area contributed by atoms with Gasteiger partial charge in [0.15, 0.2) is 5.78 Å². The lowest BCUT2D eigenvalue weighted by atomic mass is 9.82. The Hall–Kier alpha value is -4.28. The number of fused-ring (bicyclic) bond motifs is 2. The zero-order valence-corrected chi connectivity index (χ0v) is 18.8. The smallest absolute Gasteiger partial charge is 0.270 e. The van der Waals surface area contributed by atoms with Crippen molar-refractivity contribution in [2.75, 3.05) is 26.7 Å². The SMILES string of the molecule is COc1ccc2c(c1)OC1(CCN(C(=O)CN3C(=O)c4ccc([N+](=O)[O-])cc4C3=O)CC1)CC2=O. The van der Waals surface area contributed by atoms with Gasteiger partial charge in [0.1, 0.15) is 23.6 Å². The molecule has 2 aromatic carbocycles. The number of non-ortho nitro benzene ring substituents is 1. The number of methoxy groups -OCH3 is 1. The van der Waals surface area contributed by atoms with Gasteiger partial charge in [0.05, 0.1) is 35.1 Å². The second-order valence-electron chi connectivity index (χ2n) is 8.81. The number of Topliss-reactive ketones (excluding diaryl/α,β-unsaturated/α-hetero) is 1. The minimum absolute atomic E-state index is 0.0335. The summed E-state index contributed by atoms with van der Waals surface area (Å²) in [4.78, 5) is 63.7. The molecule has 1 saturated heterocycles. The van der Waals surface area contributed by atoms with Gasteiger partial charge in [0.25, 0.3) is 17.5 Å². The van der Waals surface area contributed by atoms with Crippen LogP contribution in [0, 0.1) is 10.1 Å². The first kappa shape index (κ1) is 22.5. The molecule has 0 N–H and O–H groups in total. The van der Waals surface area contributed by atoms with Crippen molar-refractivity contribution in [2.24, 2.45) is 0 Å². The summed E-state index contributed by atoms with van der Waals surface area (Å²) in [5, 5.41) is 11.0. The zero-order valence-electron chi connectivity index (χ0n) is 18.8. The molecular formula is C24H21N3O8. The summed E-state index contributed by atoms with van der Waals surface area (Å²) < 4.78 is 11.5. The molecule has 0 bridgehead atoms. The van der Waals surface area contributed by atoms with Gasteiger partial charge in [-0.05, 0) is 18.2 Å². The van der Waals surface area contributed by atoms with Gasteiger partial charge >= 0.3 is 0 Å². The van der Waals surface area contributed by atoms with Crippen LogP contribution in [0.15, 0.2) is 36.4 Å². The summed E-state index contributed by atoms with van der Waals surface area (Å²) in [6.45, 7) is 0.118. The molecule has 0 atom stereocenters. The van der Waals surface area contributed by atoms with Gasteiger partial charge in [-0.1, -0.05) is 0 Å². The molecule has 1 fully saturated rings. The predicted molar refractivity (Wildman–Crippen MR) is 120 cm³/mol. The van der Waals surface area contributed by atoms with E-state index in [2.05, 4.69) is 0 Å². The monoisotopic (exact) mass is 479 g/mol. The average Bonchev–Trinajstić information content (AvgIpc) is 3.08. The van der Waals surface area contributed by atoms with Crippen molar-refractivity contribution in [2.45, 2.75) is 24.9 Å². The molecule has 3 amide bonds. The third kappa shape index (κ3) is 3.78. The lowest BCUT2D eigenvalue weighted by molar-refractivity contribution is -0.384. The molecule has 5 rings (SSSR count). The normalized spacial score (nSPS) is 18.3. The molecule has 3 aliphatic heterocycles. The van der Waals surface area contributed by atoms with E-state index in [-0.39, 0.29) is 29.0 Å². The van der Waals surface area contributed by atoms with E-state index in [0.29, 0.717) is 43.0 Å². The van der Waals surface area contributed by atoms with Gasteiger partial charge in [-0.15, -0.1) is 0 Å². The van der Waals surface area contributed by atoms with Crippen LogP contribution in [0.25, 0.3) is 0 Å². The fourth-order valence-electron chi connectivity index (χ4n) is 4.82. The first-order chi connectivity index (χ1) is 16.7. The maximum atomic E-state index is 12.9. The number of nitro benzene ring substituents is 1. The Balaban J connectivity index is 1.25. The fraction of sp³-hybridized carbons (Fsp3) is 0.333. The Morgan fingerprint density at radius 3 is 2.43 bits per heavy atom. The van der Waals surface area contributed by atoms with Gasteiger partial charge in [-0.25, -0.2) is 0 Å². The third-order valence-electron chi connectivity index (χ3n) is 6.78. The number of ketones is 1.